The van der Waals surface area contributed by atoms with Crippen LogP contribution in [-0.4, -0.2) is 33.5 Å². The fourth-order valence-corrected chi connectivity index (χ4v) is 4.77. The molecule has 0 aliphatic heterocycles. The van der Waals surface area contributed by atoms with Gasteiger partial charge in [0.15, 0.2) is 11.0 Å². The summed E-state index contributed by atoms with van der Waals surface area (Å²) in [5.74, 6) is 1.76. The van der Waals surface area contributed by atoms with Crippen molar-refractivity contribution in [2.75, 3.05) is 18.2 Å². The lowest BCUT2D eigenvalue weighted by Gasteiger charge is -2.08. The number of thiophene rings is 1. The number of carbonyl (C=O) groups is 1. The van der Waals surface area contributed by atoms with Gasteiger partial charge in [0, 0.05) is 33.3 Å². The van der Waals surface area contributed by atoms with E-state index in [0.29, 0.717) is 0 Å². The van der Waals surface area contributed by atoms with Crippen molar-refractivity contribution in [2.24, 2.45) is 0 Å². The monoisotopic (exact) mass is 424 g/mol. The molecule has 2 heterocycles. The number of rotatable bonds is 7. The van der Waals surface area contributed by atoms with Crippen LogP contribution in [0.25, 0.3) is 21.5 Å². The minimum atomic E-state index is -0.0895. The molecule has 4 rings (SSSR count). The molecular formula is C21H20N4O2S2. The van der Waals surface area contributed by atoms with Gasteiger partial charge in [-0.2, -0.15) is 0 Å². The van der Waals surface area contributed by atoms with Crippen molar-refractivity contribution in [3.05, 3.63) is 53.9 Å². The van der Waals surface area contributed by atoms with Crippen molar-refractivity contribution in [3.63, 3.8) is 0 Å². The van der Waals surface area contributed by atoms with E-state index in [0.717, 1.165) is 34.5 Å². The molecule has 2 aromatic carbocycles. The van der Waals surface area contributed by atoms with Crippen LogP contribution in [0.5, 0.6) is 5.75 Å². The van der Waals surface area contributed by atoms with E-state index in [-0.39, 0.29) is 11.7 Å². The van der Waals surface area contributed by atoms with Crippen molar-refractivity contribution in [1.82, 2.24) is 14.8 Å². The molecule has 4 aromatic rings. The number of hydrogen-bond donors (Lipinski definition) is 1. The van der Waals surface area contributed by atoms with Crippen molar-refractivity contribution in [3.8, 4) is 17.1 Å². The number of ether oxygens (including phenoxy) is 1. The van der Waals surface area contributed by atoms with Crippen LogP contribution < -0.4 is 10.1 Å². The highest BCUT2D eigenvalue weighted by atomic mass is 32.2. The molecule has 8 heteroatoms. The van der Waals surface area contributed by atoms with Gasteiger partial charge in [0.2, 0.25) is 5.91 Å². The average Bonchev–Trinajstić information content (AvgIpc) is 3.36. The molecule has 1 amide bonds. The second kappa shape index (κ2) is 8.67. The number of thioether (sulfide) groups is 1. The van der Waals surface area contributed by atoms with Crippen LogP contribution in [0.1, 0.15) is 6.92 Å². The second-order valence-electron chi connectivity index (χ2n) is 6.26. The molecule has 0 aliphatic carbocycles. The summed E-state index contributed by atoms with van der Waals surface area (Å²) in [6.07, 6.45) is 0. The van der Waals surface area contributed by atoms with E-state index in [1.54, 1.807) is 18.4 Å². The maximum atomic E-state index is 12.3. The largest absolute Gasteiger partial charge is 0.497 e. The number of nitrogens with zero attached hydrogens (tertiary/aromatic N) is 3. The Kier molecular flexibility index (Phi) is 5.82. The third kappa shape index (κ3) is 4.13. The lowest BCUT2D eigenvalue weighted by molar-refractivity contribution is -0.113. The summed E-state index contributed by atoms with van der Waals surface area (Å²) in [6, 6.07) is 15.5. The van der Waals surface area contributed by atoms with Gasteiger partial charge in [-0.25, -0.2) is 0 Å². The zero-order valence-corrected chi connectivity index (χ0v) is 17.7. The lowest BCUT2D eigenvalue weighted by Crippen LogP contribution is -2.14. The number of nitrogens with one attached hydrogen (secondary N) is 1. The Balaban J connectivity index is 1.47. The molecule has 29 heavy (non-hydrogen) atoms. The molecule has 0 saturated heterocycles. The van der Waals surface area contributed by atoms with Gasteiger partial charge in [0.1, 0.15) is 5.75 Å². The maximum Gasteiger partial charge on any atom is 0.234 e. The number of benzene rings is 2. The quantitative estimate of drug-likeness (QED) is 0.427. The summed E-state index contributed by atoms with van der Waals surface area (Å²) in [5, 5.41) is 15.7. The van der Waals surface area contributed by atoms with Gasteiger partial charge in [0.05, 0.1) is 12.9 Å². The molecule has 1 N–H and O–H groups in total. The predicted molar refractivity (Wildman–Crippen MR) is 119 cm³/mol. The fraction of sp³-hybridized carbons (Fsp3) is 0.190. The molecule has 0 radical (unpaired) electrons. The zero-order chi connectivity index (χ0) is 20.2. The number of anilines is 1. The lowest BCUT2D eigenvalue weighted by atomic mass is 10.1. The zero-order valence-electron chi connectivity index (χ0n) is 16.1. The summed E-state index contributed by atoms with van der Waals surface area (Å²) >= 11 is 3.08. The van der Waals surface area contributed by atoms with Gasteiger partial charge >= 0.3 is 0 Å². The summed E-state index contributed by atoms with van der Waals surface area (Å²) < 4.78 is 8.41. The Morgan fingerprint density at radius 3 is 2.72 bits per heavy atom. The van der Waals surface area contributed by atoms with E-state index < -0.39 is 0 Å². The Bertz CT molecular complexity index is 1140. The minimum absolute atomic E-state index is 0.0895. The third-order valence-corrected chi connectivity index (χ3v) is 6.39. The SMILES string of the molecule is CCn1c(SCC(=O)Nc2ccc(OC)cc2)nnc1-c1csc2ccccc12. The van der Waals surface area contributed by atoms with E-state index in [9.17, 15) is 4.79 Å². The topological polar surface area (TPSA) is 69.0 Å². The van der Waals surface area contributed by atoms with Crippen LogP contribution >= 0.6 is 23.1 Å². The first-order valence-corrected chi connectivity index (χ1v) is 11.0. The van der Waals surface area contributed by atoms with Gasteiger partial charge in [-0.15, -0.1) is 21.5 Å². The minimum Gasteiger partial charge on any atom is -0.497 e. The number of methoxy groups -OCH3 is 1. The number of fused-ring (bicyclic) bond motifs is 1. The fourth-order valence-electron chi connectivity index (χ4n) is 3.03. The van der Waals surface area contributed by atoms with Crippen LogP contribution in [0.3, 0.4) is 0 Å². The van der Waals surface area contributed by atoms with Crippen LogP contribution in [0, 0.1) is 0 Å². The molecule has 0 fully saturated rings. The smallest absolute Gasteiger partial charge is 0.234 e. The predicted octanol–water partition coefficient (Wildman–Crippen LogP) is 4.92. The van der Waals surface area contributed by atoms with Crippen molar-refractivity contribution in [1.29, 1.82) is 0 Å². The number of aromatic nitrogens is 3. The highest BCUT2D eigenvalue weighted by Crippen LogP contribution is 2.34. The Hall–Kier alpha value is -2.84. The van der Waals surface area contributed by atoms with E-state index in [2.05, 4.69) is 44.5 Å². The summed E-state index contributed by atoms with van der Waals surface area (Å²) in [6.45, 7) is 2.79. The Morgan fingerprint density at radius 1 is 1.17 bits per heavy atom. The van der Waals surface area contributed by atoms with Crippen LogP contribution in [0.2, 0.25) is 0 Å². The van der Waals surface area contributed by atoms with Gasteiger partial charge in [-0.3, -0.25) is 4.79 Å². The standard InChI is InChI=1S/C21H20N4O2S2/c1-3-25-20(17-12-28-18-7-5-4-6-16(17)18)23-24-21(25)29-13-19(26)22-14-8-10-15(27-2)11-9-14/h4-12H,3,13H2,1-2H3,(H,22,26). The van der Waals surface area contributed by atoms with Gasteiger partial charge in [-0.1, -0.05) is 30.0 Å². The van der Waals surface area contributed by atoms with Gasteiger partial charge in [0.25, 0.3) is 0 Å². The average molecular weight is 425 g/mol. The van der Waals surface area contributed by atoms with Crippen LogP contribution in [-0.2, 0) is 11.3 Å². The maximum absolute atomic E-state index is 12.3. The first kappa shape index (κ1) is 19.5. The molecule has 0 spiro atoms. The van der Waals surface area contributed by atoms with Crippen LogP contribution in [0.15, 0.2) is 59.1 Å². The van der Waals surface area contributed by atoms with E-state index in [1.165, 1.54) is 21.8 Å². The van der Waals surface area contributed by atoms with Gasteiger partial charge in [-0.05, 0) is 37.3 Å². The van der Waals surface area contributed by atoms with Crippen molar-refractivity contribution in [2.45, 2.75) is 18.6 Å². The van der Waals surface area contributed by atoms with Crippen molar-refractivity contribution >= 4 is 44.8 Å². The highest BCUT2D eigenvalue weighted by molar-refractivity contribution is 7.99. The number of amides is 1. The first-order chi connectivity index (χ1) is 14.2. The molecule has 6 nitrogen and oxygen atoms in total. The number of hydrogen-bond acceptors (Lipinski definition) is 6. The molecule has 2 aromatic heterocycles. The normalized spacial score (nSPS) is 11.0. The van der Waals surface area contributed by atoms with Crippen LogP contribution in [0.4, 0.5) is 5.69 Å². The summed E-state index contributed by atoms with van der Waals surface area (Å²) in [5.41, 5.74) is 1.81. The van der Waals surface area contributed by atoms with Gasteiger partial charge < -0.3 is 14.6 Å². The molecule has 0 aliphatic rings. The first-order valence-electron chi connectivity index (χ1n) is 9.16. The molecule has 0 atom stereocenters. The molecular weight excluding hydrogens is 404 g/mol. The molecule has 148 valence electrons. The number of carbonyl (C=O) groups excluding carboxylic acids is 1. The Morgan fingerprint density at radius 2 is 1.97 bits per heavy atom. The van der Waals surface area contributed by atoms with E-state index in [1.807, 2.05) is 36.4 Å². The Labute approximate surface area is 176 Å². The summed E-state index contributed by atoms with van der Waals surface area (Å²) in [4.78, 5) is 12.3. The molecule has 0 unspecified atom stereocenters. The molecule has 0 bridgehead atoms. The van der Waals surface area contributed by atoms with E-state index in [4.69, 9.17) is 4.74 Å². The third-order valence-electron chi connectivity index (χ3n) is 4.46. The van der Waals surface area contributed by atoms with E-state index >= 15 is 0 Å². The second-order valence-corrected chi connectivity index (χ2v) is 8.12. The molecule has 0 saturated carbocycles. The van der Waals surface area contributed by atoms with Crippen molar-refractivity contribution < 1.29 is 9.53 Å². The summed E-state index contributed by atoms with van der Waals surface area (Å²) in [7, 11) is 1.61. The highest BCUT2D eigenvalue weighted by Gasteiger charge is 2.17.